The summed E-state index contributed by atoms with van der Waals surface area (Å²) in [5, 5.41) is 5.88. The fourth-order valence-electron chi connectivity index (χ4n) is 4.97. The molecule has 2 aromatic carbocycles. The van der Waals surface area contributed by atoms with Crippen LogP contribution < -0.4 is 15.5 Å². The Morgan fingerprint density at radius 2 is 1.79 bits per heavy atom. The summed E-state index contributed by atoms with van der Waals surface area (Å²) in [6.07, 6.45) is 6.08. The zero-order valence-corrected chi connectivity index (χ0v) is 19.2. The van der Waals surface area contributed by atoms with Gasteiger partial charge in [-0.15, -0.1) is 0 Å². The lowest BCUT2D eigenvalue weighted by Gasteiger charge is -2.26. The van der Waals surface area contributed by atoms with Crippen molar-refractivity contribution in [2.45, 2.75) is 55.5 Å². The van der Waals surface area contributed by atoms with Gasteiger partial charge in [0.25, 0.3) is 10.0 Å². The summed E-state index contributed by atoms with van der Waals surface area (Å²) in [4.78, 5) is 27.1. The number of hydrogen-bond donors (Lipinski definition) is 2. The lowest BCUT2D eigenvalue weighted by molar-refractivity contribution is 0.235. The molecule has 33 heavy (non-hydrogen) atoms. The van der Waals surface area contributed by atoms with E-state index in [4.69, 9.17) is 0 Å². The number of anilines is 1. The molecule has 9 heteroatoms. The maximum absolute atomic E-state index is 13.3. The second-order valence-corrected chi connectivity index (χ2v) is 10.8. The normalized spacial score (nSPS) is 21.1. The fourth-order valence-corrected chi connectivity index (χ4v) is 6.38. The second kappa shape index (κ2) is 8.70. The number of benzene rings is 2. The maximum Gasteiger partial charge on any atom is 0.331 e. The van der Waals surface area contributed by atoms with Crippen molar-refractivity contribution in [3.8, 4) is 0 Å². The van der Waals surface area contributed by atoms with Crippen LogP contribution in [0.25, 0.3) is 0 Å². The molecule has 2 aliphatic heterocycles. The van der Waals surface area contributed by atoms with E-state index in [1.165, 1.54) is 12.5 Å². The molecule has 174 valence electrons. The van der Waals surface area contributed by atoms with Gasteiger partial charge in [-0.25, -0.2) is 22.3 Å². The Bertz CT molecular complexity index is 1160. The molecule has 2 fully saturated rings. The van der Waals surface area contributed by atoms with Gasteiger partial charge in [0.2, 0.25) is 0 Å². The predicted octanol–water partition coefficient (Wildman–Crippen LogP) is 3.55. The number of hydrogen-bond acceptors (Lipinski definition) is 4. The molecule has 8 nitrogen and oxygen atoms in total. The van der Waals surface area contributed by atoms with Gasteiger partial charge in [-0.2, -0.15) is 0 Å². The van der Waals surface area contributed by atoms with Gasteiger partial charge >= 0.3 is 12.1 Å². The third-order valence-corrected chi connectivity index (χ3v) is 8.53. The molecule has 2 heterocycles. The highest BCUT2D eigenvalue weighted by atomic mass is 32.2. The van der Waals surface area contributed by atoms with E-state index in [1.54, 1.807) is 17.0 Å². The number of fused-ring (bicyclic) bond motifs is 1. The minimum atomic E-state index is -4.01. The van der Waals surface area contributed by atoms with Gasteiger partial charge in [-0.1, -0.05) is 49.6 Å². The summed E-state index contributed by atoms with van der Waals surface area (Å²) in [6, 6.07) is 13.2. The summed E-state index contributed by atoms with van der Waals surface area (Å²) < 4.78 is 27.4. The van der Waals surface area contributed by atoms with Crippen molar-refractivity contribution in [3.05, 3.63) is 59.7 Å². The summed E-state index contributed by atoms with van der Waals surface area (Å²) in [6.45, 7) is 0.551. The molecule has 0 spiro atoms. The molecule has 4 amide bonds. The molecule has 2 N–H and O–H groups in total. The standard InChI is InChI=1S/C24H28N4O4S/c29-23(25-19-9-5-2-6-10-19)27-14-13-18-15-20(11-12-22(18)27)33(31,32)28-16-21(26-24(28)30)17-7-3-1-4-8-17/h1,3-4,7-8,11-12,15,19,21H,2,5-6,9-10,13-14,16H2,(H,25,29)(H,26,30). The molecule has 1 saturated heterocycles. The molecule has 2 aromatic rings. The first kappa shape index (κ1) is 21.8. The average molecular weight is 469 g/mol. The molecular weight excluding hydrogens is 440 g/mol. The minimum Gasteiger partial charge on any atom is -0.335 e. The summed E-state index contributed by atoms with van der Waals surface area (Å²) >= 11 is 0. The number of carbonyl (C=O) groups is 2. The van der Waals surface area contributed by atoms with Gasteiger partial charge in [-0.05, 0) is 48.6 Å². The van der Waals surface area contributed by atoms with E-state index >= 15 is 0 Å². The van der Waals surface area contributed by atoms with Gasteiger partial charge in [0, 0.05) is 18.3 Å². The Labute approximate surface area is 194 Å². The highest BCUT2D eigenvalue weighted by Gasteiger charge is 2.39. The zero-order chi connectivity index (χ0) is 23.0. The van der Waals surface area contributed by atoms with Crippen LogP contribution in [0.1, 0.15) is 49.3 Å². The smallest absolute Gasteiger partial charge is 0.331 e. The van der Waals surface area contributed by atoms with Crippen LogP contribution in [0.15, 0.2) is 53.4 Å². The van der Waals surface area contributed by atoms with Crippen LogP contribution in [0, 0.1) is 0 Å². The first-order valence-corrected chi connectivity index (χ1v) is 13.0. The SMILES string of the molecule is O=C(NC1CCCCC1)N1CCc2cc(S(=O)(=O)N3CC(c4ccccc4)NC3=O)ccc21. The third-order valence-electron chi connectivity index (χ3n) is 6.79. The van der Waals surface area contributed by atoms with Crippen LogP contribution in [-0.2, 0) is 16.4 Å². The van der Waals surface area contributed by atoms with E-state index in [9.17, 15) is 18.0 Å². The van der Waals surface area contributed by atoms with Crippen LogP contribution in [0.2, 0.25) is 0 Å². The summed E-state index contributed by atoms with van der Waals surface area (Å²) in [5.41, 5.74) is 2.39. The monoisotopic (exact) mass is 468 g/mol. The Kier molecular flexibility index (Phi) is 5.74. The van der Waals surface area contributed by atoms with E-state index in [1.807, 2.05) is 30.3 Å². The molecule has 1 saturated carbocycles. The summed E-state index contributed by atoms with van der Waals surface area (Å²) in [5.74, 6) is 0. The highest BCUT2D eigenvalue weighted by Crippen LogP contribution is 2.33. The molecular formula is C24H28N4O4S. The first-order chi connectivity index (χ1) is 15.9. The van der Waals surface area contributed by atoms with Crippen LogP contribution in [0.5, 0.6) is 0 Å². The molecule has 1 unspecified atom stereocenters. The molecule has 0 radical (unpaired) electrons. The van der Waals surface area contributed by atoms with Crippen molar-refractivity contribution < 1.29 is 18.0 Å². The van der Waals surface area contributed by atoms with Gasteiger partial charge in [0.1, 0.15) is 0 Å². The van der Waals surface area contributed by atoms with E-state index in [-0.39, 0.29) is 29.6 Å². The van der Waals surface area contributed by atoms with Gasteiger partial charge in [0.05, 0.1) is 17.5 Å². The van der Waals surface area contributed by atoms with E-state index in [0.29, 0.717) is 13.0 Å². The number of nitrogens with zero attached hydrogens (tertiary/aromatic N) is 2. The van der Waals surface area contributed by atoms with Crippen molar-refractivity contribution in [2.24, 2.45) is 0 Å². The number of sulfonamides is 1. The minimum absolute atomic E-state index is 0.0399. The molecule has 1 atom stereocenters. The molecule has 0 bridgehead atoms. The van der Waals surface area contributed by atoms with Crippen molar-refractivity contribution >= 4 is 27.8 Å². The number of urea groups is 2. The molecule has 1 aliphatic carbocycles. The topological polar surface area (TPSA) is 98.8 Å². The number of rotatable bonds is 4. The van der Waals surface area contributed by atoms with Gasteiger partial charge in [-0.3, -0.25) is 4.90 Å². The summed E-state index contributed by atoms with van der Waals surface area (Å²) in [7, 11) is -4.01. The number of amides is 4. The fraction of sp³-hybridized carbons (Fsp3) is 0.417. The Balaban J connectivity index is 1.32. The largest absolute Gasteiger partial charge is 0.335 e. The van der Waals surface area contributed by atoms with Crippen molar-refractivity contribution in [2.75, 3.05) is 18.0 Å². The van der Waals surface area contributed by atoms with E-state index in [2.05, 4.69) is 10.6 Å². The average Bonchev–Trinajstić information content (AvgIpc) is 3.44. The molecule has 5 rings (SSSR count). The molecule has 0 aromatic heterocycles. The van der Waals surface area contributed by atoms with E-state index < -0.39 is 16.1 Å². The lowest BCUT2D eigenvalue weighted by atomic mass is 9.96. The zero-order valence-electron chi connectivity index (χ0n) is 18.4. The Morgan fingerprint density at radius 3 is 2.55 bits per heavy atom. The Morgan fingerprint density at radius 1 is 1.03 bits per heavy atom. The van der Waals surface area contributed by atoms with Gasteiger partial charge < -0.3 is 10.6 Å². The van der Waals surface area contributed by atoms with Crippen LogP contribution in [0.3, 0.4) is 0 Å². The highest BCUT2D eigenvalue weighted by molar-refractivity contribution is 7.89. The lowest BCUT2D eigenvalue weighted by Crippen LogP contribution is -2.45. The maximum atomic E-state index is 13.3. The Hall–Kier alpha value is -3.07. The van der Waals surface area contributed by atoms with E-state index in [0.717, 1.165) is 46.8 Å². The van der Waals surface area contributed by atoms with Crippen molar-refractivity contribution in [3.63, 3.8) is 0 Å². The second-order valence-electron chi connectivity index (χ2n) is 8.93. The third kappa shape index (κ3) is 4.17. The molecule has 3 aliphatic rings. The first-order valence-electron chi connectivity index (χ1n) is 11.5. The quantitative estimate of drug-likeness (QED) is 0.717. The van der Waals surface area contributed by atoms with Crippen LogP contribution >= 0.6 is 0 Å². The van der Waals surface area contributed by atoms with Crippen LogP contribution in [0.4, 0.5) is 15.3 Å². The van der Waals surface area contributed by atoms with Crippen molar-refractivity contribution in [1.29, 1.82) is 0 Å². The van der Waals surface area contributed by atoms with Crippen molar-refractivity contribution in [1.82, 2.24) is 14.9 Å². The predicted molar refractivity (Wildman–Crippen MR) is 125 cm³/mol. The van der Waals surface area contributed by atoms with Crippen LogP contribution in [-0.4, -0.2) is 43.9 Å². The number of nitrogens with one attached hydrogen (secondary N) is 2. The number of carbonyl (C=O) groups excluding carboxylic acids is 2. The van der Waals surface area contributed by atoms with Gasteiger partial charge in [0.15, 0.2) is 0 Å².